The zero-order valence-electron chi connectivity index (χ0n) is 11.3. The molecule has 0 bridgehead atoms. The van der Waals surface area contributed by atoms with E-state index in [9.17, 15) is 0 Å². The summed E-state index contributed by atoms with van der Waals surface area (Å²) in [5.74, 6) is 0.796. The van der Waals surface area contributed by atoms with Gasteiger partial charge < -0.3 is 15.0 Å². The van der Waals surface area contributed by atoms with Crippen molar-refractivity contribution in [2.75, 3.05) is 38.7 Å². The van der Waals surface area contributed by atoms with Crippen LogP contribution in [-0.2, 0) is 11.3 Å². The molecule has 0 saturated carbocycles. The zero-order valence-corrected chi connectivity index (χ0v) is 12.1. The molecule has 0 atom stereocenters. The fourth-order valence-corrected chi connectivity index (χ4v) is 3.27. The van der Waals surface area contributed by atoms with Crippen LogP contribution in [0.3, 0.4) is 0 Å². The van der Waals surface area contributed by atoms with E-state index in [-0.39, 0.29) is 0 Å². The highest BCUT2D eigenvalue weighted by Crippen LogP contribution is 2.21. The van der Waals surface area contributed by atoms with Gasteiger partial charge in [-0.15, -0.1) is 11.3 Å². The number of nitrogens with one attached hydrogen (secondary N) is 1. The average molecular weight is 269 g/mol. The van der Waals surface area contributed by atoms with Gasteiger partial charge in [-0.2, -0.15) is 0 Å². The Kier molecular flexibility index (Phi) is 5.41. The van der Waals surface area contributed by atoms with Crippen LogP contribution in [0.5, 0.6) is 0 Å². The largest absolute Gasteiger partial charge is 0.381 e. The Balaban J connectivity index is 1.76. The maximum atomic E-state index is 5.40. The van der Waals surface area contributed by atoms with Crippen molar-refractivity contribution in [3.8, 4) is 0 Å². The number of thiazole rings is 1. The lowest BCUT2D eigenvalue weighted by Gasteiger charge is -2.26. The lowest BCUT2D eigenvalue weighted by atomic mass is 10.00. The summed E-state index contributed by atoms with van der Waals surface area (Å²) in [7, 11) is 2.20. The van der Waals surface area contributed by atoms with E-state index in [4.69, 9.17) is 4.74 Å². The Bertz CT molecular complexity index is 350. The van der Waals surface area contributed by atoms with Gasteiger partial charge in [0.1, 0.15) is 0 Å². The van der Waals surface area contributed by atoms with E-state index in [2.05, 4.69) is 29.2 Å². The first-order valence-electron chi connectivity index (χ1n) is 6.72. The minimum absolute atomic E-state index is 0.796. The molecule has 5 heteroatoms. The van der Waals surface area contributed by atoms with Crippen LogP contribution in [0.25, 0.3) is 0 Å². The van der Waals surface area contributed by atoms with Crippen LogP contribution >= 0.6 is 11.3 Å². The number of rotatable bonds is 6. The van der Waals surface area contributed by atoms with Crippen molar-refractivity contribution < 1.29 is 4.74 Å². The molecule has 1 aromatic rings. The molecule has 0 aliphatic carbocycles. The Morgan fingerprint density at radius 1 is 1.50 bits per heavy atom. The Morgan fingerprint density at radius 2 is 2.28 bits per heavy atom. The first kappa shape index (κ1) is 13.8. The number of aromatic nitrogens is 1. The SMILES string of the molecule is CCNc1ncc(CN(C)CC2CCOCC2)s1. The van der Waals surface area contributed by atoms with E-state index in [1.165, 1.54) is 17.7 Å². The van der Waals surface area contributed by atoms with Crippen LogP contribution < -0.4 is 5.32 Å². The van der Waals surface area contributed by atoms with Gasteiger partial charge in [0.15, 0.2) is 5.13 Å². The molecule has 0 unspecified atom stereocenters. The molecule has 0 spiro atoms. The molecule has 1 aliphatic heterocycles. The molecule has 0 amide bonds. The highest BCUT2D eigenvalue weighted by molar-refractivity contribution is 7.15. The van der Waals surface area contributed by atoms with Crippen molar-refractivity contribution >= 4 is 16.5 Å². The molecular weight excluding hydrogens is 246 g/mol. The van der Waals surface area contributed by atoms with Crippen molar-refractivity contribution in [1.82, 2.24) is 9.88 Å². The Labute approximate surface area is 113 Å². The zero-order chi connectivity index (χ0) is 12.8. The van der Waals surface area contributed by atoms with E-state index < -0.39 is 0 Å². The minimum atomic E-state index is 0.796. The van der Waals surface area contributed by atoms with Crippen molar-refractivity contribution in [3.05, 3.63) is 11.1 Å². The van der Waals surface area contributed by atoms with Gasteiger partial charge in [0.2, 0.25) is 0 Å². The average Bonchev–Trinajstić information content (AvgIpc) is 2.78. The van der Waals surface area contributed by atoms with Crippen LogP contribution in [0, 0.1) is 5.92 Å². The third-order valence-electron chi connectivity index (χ3n) is 3.22. The molecule has 1 N–H and O–H groups in total. The van der Waals surface area contributed by atoms with Crippen LogP contribution in [-0.4, -0.2) is 43.2 Å². The molecule has 2 heterocycles. The maximum Gasteiger partial charge on any atom is 0.182 e. The van der Waals surface area contributed by atoms with E-state index in [0.29, 0.717) is 0 Å². The molecule has 0 radical (unpaired) electrons. The molecule has 2 rings (SSSR count). The highest BCUT2D eigenvalue weighted by Gasteiger charge is 2.16. The van der Waals surface area contributed by atoms with Crippen LogP contribution in [0.2, 0.25) is 0 Å². The molecule has 102 valence electrons. The van der Waals surface area contributed by atoms with Gasteiger partial charge >= 0.3 is 0 Å². The second kappa shape index (κ2) is 7.07. The van der Waals surface area contributed by atoms with E-state index >= 15 is 0 Å². The van der Waals surface area contributed by atoms with Gasteiger partial charge in [-0.25, -0.2) is 4.98 Å². The number of anilines is 1. The number of hydrogen-bond acceptors (Lipinski definition) is 5. The first-order valence-corrected chi connectivity index (χ1v) is 7.54. The summed E-state index contributed by atoms with van der Waals surface area (Å²) in [6, 6.07) is 0. The lowest BCUT2D eigenvalue weighted by molar-refractivity contribution is 0.0550. The van der Waals surface area contributed by atoms with Gasteiger partial charge in [-0.05, 0) is 32.7 Å². The molecule has 1 aromatic heterocycles. The fourth-order valence-electron chi connectivity index (χ4n) is 2.31. The Hall–Kier alpha value is -0.650. The predicted molar refractivity (Wildman–Crippen MR) is 76.2 cm³/mol. The molecule has 1 saturated heterocycles. The minimum Gasteiger partial charge on any atom is -0.381 e. The third-order valence-corrected chi connectivity index (χ3v) is 4.16. The second-order valence-electron chi connectivity index (χ2n) is 4.91. The fraction of sp³-hybridized carbons (Fsp3) is 0.769. The van der Waals surface area contributed by atoms with E-state index in [0.717, 1.165) is 43.9 Å². The molecule has 1 aliphatic rings. The molecular formula is C13H23N3OS. The van der Waals surface area contributed by atoms with Crippen molar-refractivity contribution in [1.29, 1.82) is 0 Å². The summed E-state index contributed by atoms with van der Waals surface area (Å²) in [5, 5.41) is 4.29. The standard InChI is InChI=1S/C13H23N3OS/c1-3-14-13-15-8-12(18-13)10-16(2)9-11-4-6-17-7-5-11/h8,11H,3-7,9-10H2,1-2H3,(H,14,15). The summed E-state index contributed by atoms with van der Waals surface area (Å²) in [6.45, 7) is 7.06. The predicted octanol–water partition coefficient (Wildman–Crippen LogP) is 2.43. The van der Waals surface area contributed by atoms with Crippen molar-refractivity contribution in [2.24, 2.45) is 5.92 Å². The Morgan fingerprint density at radius 3 is 3.00 bits per heavy atom. The summed E-state index contributed by atoms with van der Waals surface area (Å²) in [6.07, 6.45) is 4.40. The van der Waals surface area contributed by atoms with Gasteiger partial charge in [0, 0.05) is 43.9 Å². The van der Waals surface area contributed by atoms with Gasteiger partial charge in [-0.3, -0.25) is 0 Å². The summed E-state index contributed by atoms with van der Waals surface area (Å²) >= 11 is 1.76. The third kappa shape index (κ3) is 4.23. The second-order valence-corrected chi connectivity index (χ2v) is 6.03. The van der Waals surface area contributed by atoms with Gasteiger partial charge in [0.25, 0.3) is 0 Å². The van der Waals surface area contributed by atoms with Crippen LogP contribution in [0.1, 0.15) is 24.6 Å². The van der Waals surface area contributed by atoms with Crippen LogP contribution in [0.15, 0.2) is 6.20 Å². The highest BCUT2D eigenvalue weighted by atomic mass is 32.1. The summed E-state index contributed by atoms with van der Waals surface area (Å²) in [4.78, 5) is 8.10. The molecule has 0 aromatic carbocycles. The number of nitrogens with zero attached hydrogens (tertiary/aromatic N) is 2. The lowest BCUT2D eigenvalue weighted by Crippen LogP contribution is -2.29. The first-order chi connectivity index (χ1) is 8.78. The molecule has 1 fully saturated rings. The monoisotopic (exact) mass is 269 g/mol. The number of hydrogen-bond donors (Lipinski definition) is 1. The maximum absolute atomic E-state index is 5.40. The van der Waals surface area contributed by atoms with E-state index in [1.54, 1.807) is 11.3 Å². The topological polar surface area (TPSA) is 37.4 Å². The van der Waals surface area contributed by atoms with Crippen molar-refractivity contribution in [2.45, 2.75) is 26.3 Å². The van der Waals surface area contributed by atoms with Crippen LogP contribution in [0.4, 0.5) is 5.13 Å². The quantitative estimate of drug-likeness (QED) is 0.860. The number of ether oxygens (including phenoxy) is 1. The molecule has 4 nitrogen and oxygen atoms in total. The van der Waals surface area contributed by atoms with Crippen molar-refractivity contribution in [3.63, 3.8) is 0 Å². The normalized spacial score (nSPS) is 17.3. The summed E-state index contributed by atoms with van der Waals surface area (Å²) in [5.41, 5.74) is 0. The van der Waals surface area contributed by atoms with Gasteiger partial charge in [-0.1, -0.05) is 0 Å². The smallest absolute Gasteiger partial charge is 0.182 e. The van der Waals surface area contributed by atoms with Gasteiger partial charge in [0.05, 0.1) is 0 Å². The summed E-state index contributed by atoms with van der Waals surface area (Å²) < 4.78 is 5.40. The van der Waals surface area contributed by atoms with E-state index in [1.807, 2.05) is 6.20 Å². The molecule has 18 heavy (non-hydrogen) atoms.